The molecule has 1 fully saturated rings. The molecule has 1 aliphatic rings. The highest BCUT2D eigenvalue weighted by atomic mass is 19.2. The van der Waals surface area contributed by atoms with Crippen molar-refractivity contribution in [2.24, 2.45) is 0 Å². The third-order valence-corrected chi connectivity index (χ3v) is 5.06. The highest BCUT2D eigenvalue weighted by Gasteiger charge is 2.31. The molecule has 4 rings (SSSR count). The molecule has 166 valence electrons. The Morgan fingerprint density at radius 1 is 1.16 bits per heavy atom. The van der Waals surface area contributed by atoms with E-state index < -0.39 is 16.6 Å². The summed E-state index contributed by atoms with van der Waals surface area (Å²) >= 11 is 0. The van der Waals surface area contributed by atoms with Crippen LogP contribution >= 0.6 is 0 Å². The highest BCUT2D eigenvalue weighted by Crippen LogP contribution is 2.32. The van der Waals surface area contributed by atoms with Gasteiger partial charge in [-0.05, 0) is 18.2 Å². The summed E-state index contributed by atoms with van der Waals surface area (Å²) in [5, 5.41) is 14.5. The SMILES string of the molecule is O=C(c1ccco1)N1CCN(c2ncnc(NCc3cccc(F)c3F)c2[N+](=O)[O-])CC1. The van der Waals surface area contributed by atoms with E-state index in [0.29, 0.717) is 26.2 Å². The fourth-order valence-corrected chi connectivity index (χ4v) is 3.44. The van der Waals surface area contributed by atoms with Crippen LogP contribution in [0.3, 0.4) is 0 Å². The zero-order valence-electron chi connectivity index (χ0n) is 16.7. The van der Waals surface area contributed by atoms with Gasteiger partial charge in [0.15, 0.2) is 17.4 Å². The number of nitrogens with zero attached hydrogens (tertiary/aromatic N) is 5. The van der Waals surface area contributed by atoms with Crippen molar-refractivity contribution < 1.29 is 22.9 Å². The number of carbonyl (C=O) groups excluding carboxylic acids is 1. The van der Waals surface area contributed by atoms with Gasteiger partial charge in [-0.25, -0.2) is 18.7 Å². The van der Waals surface area contributed by atoms with E-state index >= 15 is 0 Å². The zero-order valence-corrected chi connectivity index (χ0v) is 16.7. The Morgan fingerprint density at radius 3 is 2.62 bits per heavy atom. The smallest absolute Gasteiger partial charge is 0.353 e. The lowest BCUT2D eigenvalue weighted by atomic mass is 10.2. The summed E-state index contributed by atoms with van der Waals surface area (Å²) in [6.07, 6.45) is 2.57. The van der Waals surface area contributed by atoms with Crippen LogP contribution < -0.4 is 10.2 Å². The molecule has 0 bridgehead atoms. The monoisotopic (exact) mass is 444 g/mol. The van der Waals surface area contributed by atoms with Crippen LogP contribution in [-0.4, -0.2) is 51.9 Å². The number of carbonyl (C=O) groups is 1. The van der Waals surface area contributed by atoms with Crippen molar-refractivity contribution in [3.63, 3.8) is 0 Å². The maximum atomic E-state index is 13.9. The molecular weight excluding hydrogens is 426 g/mol. The molecule has 1 N–H and O–H groups in total. The van der Waals surface area contributed by atoms with Crippen molar-refractivity contribution in [1.82, 2.24) is 14.9 Å². The minimum absolute atomic E-state index is 0.00418. The number of nitrogens with one attached hydrogen (secondary N) is 1. The van der Waals surface area contributed by atoms with Gasteiger partial charge in [0.2, 0.25) is 11.6 Å². The van der Waals surface area contributed by atoms with Gasteiger partial charge in [-0.15, -0.1) is 0 Å². The number of rotatable bonds is 6. The Hall–Kier alpha value is -4.09. The van der Waals surface area contributed by atoms with Gasteiger partial charge in [-0.3, -0.25) is 14.9 Å². The first-order valence-electron chi connectivity index (χ1n) is 9.69. The second kappa shape index (κ2) is 8.96. The van der Waals surface area contributed by atoms with Crippen molar-refractivity contribution in [2.45, 2.75) is 6.54 Å². The van der Waals surface area contributed by atoms with E-state index in [0.717, 1.165) is 12.4 Å². The van der Waals surface area contributed by atoms with Gasteiger partial charge in [0.05, 0.1) is 11.2 Å². The van der Waals surface area contributed by atoms with E-state index in [1.165, 1.54) is 18.4 Å². The van der Waals surface area contributed by atoms with E-state index in [-0.39, 0.29) is 41.1 Å². The van der Waals surface area contributed by atoms with Gasteiger partial charge in [0.1, 0.15) is 6.33 Å². The Kier molecular flexibility index (Phi) is 5.92. The lowest BCUT2D eigenvalue weighted by Gasteiger charge is -2.34. The Labute approximate surface area is 180 Å². The quantitative estimate of drug-likeness (QED) is 0.456. The number of amides is 1. The predicted molar refractivity (Wildman–Crippen MR) is 109 cm³/mol. The second-order valence-electron chi connectivity index (χ2n) is 6.97. The van der Waals surface area contributed by atoms with Crippen molar-refractivity contribution in [3.05, 3.63) is 76.0 Å². The summed E-state index contributed by atoms with van der Waals surface area (Å²) in [5.74, 6) is -2.11. The molecule has 2 aromatic heterocycles. The van der Waals surface area contributed by atoms with Crippen LogP contribution in [0.5, 0.6) is 0 Å². The molecule has 0 atom stereocenters. The first-order chi connectivity index (χ1) is 15.5. The molecular formula is C20H18F2N6O4. The molecule has 1 amide bonds. The summed E-state index contributed by atoms with van der Waals surface area (Å²) in [4.78, 5) is 34.8. The van der Waals surface area contributed by atoms with Gasteiger partial charge < -0.3 is 19.5 Å². The van der Waals surface area contributed by atoms with E-state index in [1.54, 1.807) is 21.9 Å². The number of anilines is 2. The molecule has 0 aliphatic carbocycles. The summed E-state index contributed by atoms with van der Waals surface area (Å²) in [6, 6.07) is 6.90. The van der Waals surface area contributed by atoms with Crippen molar-refractivity contribution in [2.75, 3.05) is 36.4 Å². The van der Waals surface area contributed by atoms with Crippen LogP contribution in [0, 0.1) is 21.7 Å². The van der Waals surface area contributed by atoms with Gasteiger partial charge in [0, 0.05) is 38.3 Å². The molecule has 1 aromatic carbocycles. The minimum Gasteiger partial charge on any atom is -0.459 e. The largest absolute Gasteiger partial charge is 0.459 e. The van der Waals surface area contributed by atoms with Crippen LogP contribution in [-0.2, 0) is 6.54 Å². The molecule has 12 heteroatoms. The maximum absolute atomic E-state index is 13.9. The number of benzene rings is 1. The molecule has 10 nitrogen and oxygen atoms in total. The summed E-state index contributed by atoms with van der Waals surface area (Å²) < 4.78 is 32.5. The van der Waals surface area contributed by atoms with E-state index in [9.17, 15) is 23.7 Å². The molecule has 0 radical (unpaired) electrons. The Bertz CT molecular complexity index is 1130. The second-order valence-corrected chi connectivity index (χ2v) is 6.97. The number of furan rings is 1. The Morgan fingerprint density at radius 2 is 1.94 bits per heavy atom. The fourth-order valence-electron chi connectivity index (χ4n) is 3.44. The fraction of sp³-hybridized carbons (Fsp3) is 0.250. The van der Waals surface area contributed by atoms with Gasteiger partial charge in [0.25, 0.3) is 5.91 Å². The number of halogens is 2. The topological polar surface area (TPSA) is 118 Å². The van der Waals surface area contributed by atoms with Crippen LogP contribution in [0.2, 0.25) is 0 Å². The molecule has 3 heterocycles. The summed E-state index contributed by atoms with van der Waals surface area (Å²) in [7, 11) is 0. The average molecular weight is 444 g/mol. The van der Waals surface area contributed by atoms with E-state index in [4.69, 9.17) is 4.42 Å². The number of hydrogen-bond donors (Lipinski definition) is 1. The molecule has 0 saturated carbocycles. The number of aromatic nitrogens is 2. The van der Waals surface area contributed by atoms with Crippen LogP contribution in [0.15, 0.2) is 47.3 Å². The number of nitro groups is 1. The lowest BCUT2D eigenvalue weighted by molar-refractivity contribution is -0.383. The molecule has 1 saturated heterocycles. The normalized spacial score (nSPS) is 13.8. The van der Waals surface area contributed by atoms with Crippen LogP contribution in [0.25, 0.3) is 0 Å². The van der Waals surface area contributed by atoms with Crippen LogP contribution in [0.1, 0.15) is 16.1 Å². The number of hydrogen-bond acceptors (Lipinski definition) is 8. The first-order valence-corrected chi connectivity index (χ1v) is 9.69. The zero-order chi connectivity index (χ0) is 22.7. The van der Waals surface area contributed by atoms with Gasteiger partial charge >= 0.3 is 5.69 Å². The van der Waals surface area contributed by atoms with E-state index in [1.807, 2.05) is 0 Å². The van der Waals surface area contributed by atoms with Crippen molar-refractivity contribution >= 4 is 23.2 Å². The minimum atomic E-state index is -1.03. The highest BCUT2D eigenvalue weighted by molar-refractivity contribution is 5.91. The lowest BCUT2D eigenvalue weighted by Crippen LogP contribution is -2.49. The molecule has 3 aromatic rings. The summed E-state index contributed by atoms with van der Waals surface area (Å²) in [5.41, 5.74) is -0.375. The summed E-state index contributed by atoms with van der Waals surface area (Å²) in [6.45, 7) is 1.05. The first kappa shape index (κ1) is 21.2. The number of piperazine rings is 1. The van der Waals surface area contributed by atoms with E-state index in [2.05, 4.69) is 15.3 Å². The Balaban J connectivity index is 1.50. The van der Waals surface area contributed by atoms with Gasteiger partial charge in [-0.2, -0.15) is 0 Å². The average Bonchev–Trinajstić information content (AvgIpc) is 3.34. The molecule has 1 aliphatic heterocycles. The third-order valence-electron chi connectivity index (χ3n) is 5.06. The standard InChI is InChI=1S/C20H18F2N6O4/c21-14-4-1-3-13(16(14)22)11-23-18-17(28(30)31)19(25-12-24-18)26-6-8-27(9-7-26)20(29)15-5-2-10-32-15/h1-5,10,12H,6-9,11H2,(H,23,24,25). The van der Waals surface area contributed by atoms with Gasteiger partial charge in [-0.1, -0.05) is 12.1 Å². The van der Waals surface area contributed by atoms with Crippen molar-refractivity contribution in [3.8, 4) is 0 Å². The van der Waals surface area contributed by atoms with Crippen molar-refractivity contribution in [1.29, 1.82) is 0 Å². The maximum Gasteiger partial charge on any atom is 0.353 e. The predicted octanol–water partition coefficient (Wildman–Crippen LogP) is 2.83. The third kappa shape index (κ3) is 4.19. The van der Waals surface area contributed by atoms with Crippen LogP contribution in [0.4, 0.5) is 26.1 Å². The molecule has 0 spiro atoms. The molecule has 0 unspecified atom stereocenters. The molecule has 32 heavy (non-hydrogen) atoms.